The molecule has 0 aliphatic carbocycles. The predicted octanol–water partition coefficient (Wildman–Crippen LogP) is 1.48. The Morgan fingerprint density at radius 3 is 2.60 bits per heavy atom. The quantitative estimate of drug-likeness (QED) is 0.282. The predicted molar refractivity (Wildman–Crippen MR) is 95.9 cm³/mol. The smallest absolute Gasteiger partial charge is 0.353 e. The Morgan fingerprint density at radius 1 is 1.48 bits per heavy atom. The lowest BCUT2D eigenvalue weighted by Gasteiger charge is -2.47. The summed E-state index contributed by atoms with van der Waals surface area (Å²) >= 11 is 14.3. The number of hydrogen-bond acceptors (Lipinski definition) is 5. The molecule has 0 saturated carbocycles. The van der Waals surface area contributed by atoms with Crippen LogP contribution in [0, 0.1) is 11.3 Å². The molecule has 3 unspecified atom stereocenters. The minimum absolute atomic E-state index is 0.0281. The second-order valence-electron chi connectivity index (χ2n) is 6.59. The topological polar surface area (TPSA) is 105 Å². The van der Waals surface area contributed by atoms with Crippen LogP contribution < -0.4 is 0 Å². The minimum Gasteiger partial charge on any atom is -0.477 e. The van der Waals surface area contributed by atoms with Crippen LogP contribution in [0.3, 0.4) is 0 Å². The van der Waals surface area contributed by atoms with Crippen molar-refractivity contribution in [3.05, 3.63) is 10.6 Å². The fraction of sp³-hybridized carbons (Fsp3) is 0.667. The van der Waals surface area contributed by atoms with E-state index >= 15 is 0 Å². The van der Waals surface area contributed by atoms with Crippen LogP contribution in [0.25, 0.3) is 0 Å². The van der Waals surface area contributed by atoms with E-state index < -0.39 is 34.3 Å². The highest BCUT2D eigenvalue weighted by molar-refractivity contribution is 8.04. The molecule has 0 aromatic rings. The molecule has 138 valence electrons. The van der Waals surface area contributed by atoms with Crippen LogP contribution in [0.15, 0.2) is 10.6 Å². The Bertz CT molecular complexity index is 682. The van der Waals surface area contributed by atoms with Crippen molar-refractivity contribution in [2.24, 2.45) is 5.92 Å². The van der Waals surface area contributed by atoms with Gasteiger partial charge in [0.1, 0.15) is 5.70 Å². The highest BCUT2D eigenvalue weighted by Gasteiger charge is 2.67. The monoisotopic (exact) mass is 407 g/mol. The summed E-state index contributed by atoms with van der Waals surface area (Å²) in [6.07, 6.45) is -0.202. The number of aliphatic carboxylic acids is 1. The second-order valence-corrected chi connectivity index (χ2v) is 9.28. The van der Waals surface area contributed by atoms with Crippen molar-refractivity contribution in [1.82, 2.24) is 9.80 Å². The van der Waals surface area contributed by atoms with Crippen LogP contribution in [0.5, 0.6) is 0 Å². The normalized spacial score (nSPS) is 31.9. The van der Waals surface area contributed by atoms with E-state index in [-0.39, 0.29) is 15.9 Å². The van der Waals surface area contributed by atoms with Crippen molar-refractivity contribution in [3.63, 3.8) is 0 Å². The van der Waals surface area contributed by atoms with E-state index in [2.05, 4.69) is 0 Å². The average Bonchev–Trinajstić information content (AvgIpc) is 3.01. The number of carbonyl (C=O) groups is 2. The summed E-state index contributed by atoms with van der Waals surface area (Å²) < 4.78 is -1.57. The minimum atomic E-state index is -1.57. The Labute approximate surface area is 159 Å². The third-order valence-corrected chi connectivity index (χ3v) is 7.42. The van der Waals surface area contributed by atoms with E-state index in [0.717, 1.165) is 11.3 Å². The van der Waals surface area contributed by atoms with E-state index in [0.29, 0.717) is 18.9 Å². The van der Waals surface area contributed by atoms with Crippen molar-refractivity contribution in [1.29, 1.82) is 5.41 Å². The highest BCUT2D eigenvalue weighted by Crippen LogP contribution is 2.58. The van der Waals surface area contributed by atoms with Gasteiger partial charge in [-0.3, -0.25) is 15.1 Å². The zero-order valence-electron chi connectivity index (χ0n) is 13.7. The molecule has 0 aromatic carbocycles. The molecule has 0 bridgehead atoms. The molecule has 3 heterocycles. The van der Waals surface area contributed by atoms with Gasteiger partial charge in [-0.15, -0.1) is 11.8 Å². The van der Waals surface area contributed by atoms with Crippen LogP contribution in [-0.4, -0.2) is 72.5 Å². The number of nitrogens with zero attached hydrogens (tertiary/aromatic N) is 2. The standard InChI is InChI=1S/C15H19Cl2N3O4S/c1-6(21)9-11-15(16,17)12(10(14(23)24)20(11)13(9)22)25-8-3-4-19(5-8)7(2)18/h6,8-9,11,18,21H,3-5H2,1-2H3,(H,23,24)/t6?,8?,9?,11-/m0/s1. The number of aliphatic hydroxyl groups excluding tert-OH is 1. The van der Waals surface area contributed by atoms with E-state index in [9.17, 15) is 19.8 Å². The van der Waals surface area contributed by atoms with Gasteiger partial charge in [-0.25, -0.2) is 4.79 Å². The van der Waals surface area contributed by atoms with Gasteiger partial charge in [0.25, 0.3) is 0 Å². The number of amidine groups is 1. The lowest BCUT2D eigenvalue weighted by atomic mass is 9.83. The van der Waals surface area contributed by atoms with Gasteiger partial charge >= 0.3 is 5.97 Å². The summed E-state index contributed by atoms with van der Waals surface area (Å²) in [6, 6.07) is -0.779. The fourth-order valence-electron chi connectivity index (χ4n) is 3.65. The number of amides is 1. The summed E-state index contributed by atoms with van der Waals surface area (Å²) in [5, 5.41) is 27.2. The van der Waals surface area contributed by atoms with Crippen LogP contribution in [0.4, 0.5) is 0 Å². The summed E-state index contributed by atoms with van der Waals surface area (Å²) in [6.45, 7) is 4.48. The molecule has 2 fully saturated rings. The molecule has 0 spiro atoms. The van der Waals surface area contributed by atoms with Gasteiger partial charge in [-0.1, -0.05) is 23.2 Å². The molecule has 0 aromatic heterocycles. The van der Waals surface area contributed by atoms with Gasteiger partial charge < -0.3 is 15.1 Å². The second kappa shape index (κ2) is 6.33. The van der Waals surface area contributed by atoms with Gasteiger partial charge in [-0.05, 0) is 20.3 Å². The zero-order chi connectivity index (χ0) is 18.7. The van der Waals surface area contributed by atoms with E-state index in [1.807, 2.05) is 4.90 Å². The first-order valence-corrected chi connectivity index (χ1v) is 9.54. The maximum Gasteiger partial charge on any atom is 0.353 e. The average molecular weight is 408 g/mol. The molecule has 0 radical (unpaired) electrons. The third kappa shape index (κ3) is 2.83. The third-order valence-electron chi connectivity index (χ3n) is 4.90. The summed E-state index contributed by atoms with van der Waals surface area (Å²) in [5.74, 6) is -2.09. The Kier molecular flexibility index (Phi) is 4.77. The lowest BCUT2D eigenvalue weighted by Crippen LogP contribution is -2.66. The Morgan fingerprint density at radius 2 is 2.12 bits per heavy atom. The summed E-state index contributed by atoms with van der Waals surface area (Å²) in [7, 11) is 0. The number of carboxylic acid groups (broad SMARTS) is 1. The number of carbonyl (C=O) groups excluding carboxylic acids is 1. The molecular weight excluding hydrogens is 389 g/mol. The van der Waals surface area contributed by atoms with Gasteiger partial charge in [0.2, 0.25) is 5.91 Å². The number of aliphatic hydroxyl groups is 1. The fourth-order valence-corrected chi connectivity index (χ4v) is 5.95. The first-order chi connectivity index (χ1) is 11.6. The molecule has 4 atom stereocenters. The number of halogens is 2. The largest absolute Gasteiger partial charge is 0.477 e. The number of rotatable bonds is 4. The number of thioether (sulfide) groups is 1. The number of likely N-dealkylation sites (tertiary alicyclic amines) is 1. The van der Waals surface area contributed by atoms with Gasteiger partial charge in [-0.2, -0.15) is 0 Å². The highest BCUT2D eigenvalue weighted by atomic mass is 35.5. The van der Waals surface area contributed by atoms with Crippen molar-refractivity contribution in [2.75, 3.05) is 13.1 Å². The Hall–Kier alpha value is -0.960. The van der Waals surface area contributed by atoms with Crippen LogP contribution >= 0.6 is 35.0 Å². The number of β-lactam (4-membered cyclic amide) rings is 1. The molecule has 3 N–H and O–H groups in total. The number of nitrogens with one attached hydrogen (secondary N) is 1. The lowest BCUT2D eigenvalue weighted by molar-refractivity contribution is -0.161. The number of alkyl halides is 2. The maximum absolute atomic E-state index is 12.3. The van der Waals surface area contributed by atoms with Gasteiger partial charge in [0.05, 0.1) is 28.8 Å². The van der Waals surface area contributed by atoms with E-state index in [1.165, 1.54) is 18.7 Å². The maximum atomic E-state index is 12.3. The molecule has 3 aliphatic rings. The number of hydrogen-bond donors (Lipinski definition) is 3. The zero-order valence-corrected chi connectivity index (χ0v) is 16.0. The Balaban J connectivity index is 1.90. The summed E-state index contributed by atoms with van der Waals surface area (Å²) in [5.41, 5.74) is -0.188. The van der Waals surface area contributed by atoms with Crippen LogP contribution in [0.2, 0.25) is 0 Å². The number of fused-ring (bicyclic) bond motifs is 1. The molecule has 1 amide bonds. The molecule has 3 aliphatic heterocycles. The van der Waals surface area contributed by atoms with Crippen LogP contribution in [0.1, 0.15) is 20.3 Å². The number of carboxylic acids is 1. The molecular formula is C15H19Cl2N3O4S. The van der Waals surface area contributed by atoms with E-state index in [4.69, 9.17) is 28.6 Å². The van der Waals surface area contributed by atoms with E-state index in [1.54, 1.807) is 6.92 Å². The molecule has 10 heteroatoms. The van der Waals surface area contributed by atoms with Gasteiger partial charge in [0.15, 0.2) is 4.33 Å². The van der Waals surface area contributed by atoms with Crippen molar-refractivity contribution in [3.8, 4) is 0 Å². The molecule has 7 nitrogen and oxygen atoms in total. The van der Waals surface area contributed by atoms with Crippen LogP contribution in [-0.2, 0) is 9.59 Å². The first-order valence-electron chi connectivity index (χ1n) is 7.91. The SMILES string of the molecule is CC(=N)N1CCC(SC2=C(C(=O)O)N3C(=O)C(C(C)O)[C@H]3C2(Cl)Cl)C1. The van der Waals surface area contributed by atoms with Gasteiger partial charge in [0, 0.05) is 18.3 Å². The molecule has 25 heavy (non-hydrogen) atoms. The van der Waals surface area contributed by atoms with Crippen molar-refractivity contribution < 1.29 is 19.8 Å². The summed E-state index contributed by atoms with van der Waals surface area (Å²) in [4.78, 5) is 27.3. The van der Waals surface area contributed by atoms with Crippen molar-refractivity contribution in [2.45, 2.75) is 42.0 Å². The molecule has 3 rings (SSSR count). The van der Waals surface area contributed by atoms with Crippen molar-refractivity contribution >= 4 is 52.7 Å². The first kappa shape index (κ1) is 18.8. The molecule has 2 saturated heterocycles.